The molecule has 0 saturated heterocycles. The highest BCUT2D eigenvalue weighted by atomic mass is 79.9. The van der Waals surface area contributed by atoms with Crippen molar-refractivity contribution in [3.8, 4) is 0 Å². The van der Waals surface area contributed by atoms with E-state index in [-0.39, 0.29) is 28.9 Å². The Balaban J connectivity index is 0. The van der Waals surface area contributed by atoms with E-state index >= 15 is 0 Å². The minimum absolute atomic E-state index is 0. The molecule has 4 heteroatoms. The van der Waals surface area contributed by atoms with Gasteiger partial charge in [0, 0.05) is 5.57 Å². The van der Waals surface area contributed by atoms with Gasteiger partial charge in [0.05, 0.1) is 33.2 Å². The summed E-state index contributed by atoms with van der Waals surface area (Å²) < 4.78 is 0.968. The van der Waals surface area contributed by atoms with Crippen molar-refractivity contribution in [3.05, 3.63) is 12.2 Å². The van der Waals surface area contributed by atoms with Crippen LogP contribution in [-0.2, 0) is 4.79 Å². The Morgan fingerprint density at radius 3 is 1.70 bits per heavy atom. The highest BCUT2D eigenvalue weighted by Crippen LogP contribution is 2.13. The first-order valence-electron chi connectivity index (χ1n) is 11.1. The maximum Gasteiger partial charge on any atom is 0.246 e. The Hall–Kier alpha value is -0.350. The van der Waals surface area contributed by atoms with Crippen LogP contribution >= 0.6 is 0 Å². The van der Waals surface area contributed by atoms with Gasteiger partial charge in [0.25, 0.3) is 0 Å². The second kappa shape index (κ2) is 17.7. The predicted molar refractivity (Wildman–Crippen MR) is 115 cm³/mol. The minimum atomic E-state index is -0.0251. The van der Waals surface area contributed by atoms with Crippen LogP contribution < -0.4 is 22.3 Å². The number of carbonyl (C=O) groups excluding carboxylic acids is 1. The van der Waals surface area contributed by atoms with Crippen molar-refractivity contribution in [1.29, 1.82) is 0 Å². The third kappa shape index (κ3) is 18.8. The van der Waals surface area contributed by atoms with Gasteiger partial charge < -0.3 is 26.8 Å². The minimum Gasteiger partial charge on any atom is -1.00 e. The number of hydrogen-bond acceptors (Lipinski definition) is 1. The molecular formula is C23H47BrN2O. The van der Waals surface area contributed by atoms with E-state index in [9.17, 15) is 4.79 Å². The van der Waals surface area contributed by atoms with Crippen molar-refractivity contribution in [2.24, 2.45) is 0 Å². The molecule has 3 nitrogen and oxygen atoms in total. The summed E-state index contributed by atoms with van der Waals surface area (Å²) in [5.74, 6) is -0.0251. The molecule has 0 saturated carbocycles. The second-order valence-corrected chi connectivity index (χ2v) is 8.89. The van der Waals surface area contributed by atoms with Crippen LogP contribution in [-0.4, -0.2) is 43.6 Å². The van der Waals surface area contributed by atoms with E-state index in [0.717, 1.165) is 11.0 Å². The fourth-order valence-corrected chi connectivity index (χ4v) is 3.61. The lowest BCUT2D eigenvalue weighted by molar-refractivity contribution is -0.891. The first-order valence-corrected chi connectivity index (χ1v) is 11.1. The molecule has 0 fully saturated rings. The molecule has 0 aliphatic heterocycles. The van der Waals surface area contributed by atoms with Crippen molar-refractivity contribution in [1.82, 2.24) is 5.32 Å². The van der Waals surface area contributed by atoms with E-state index in [1.165, 1.54) is 83.6 Å². The molecule has 1 unspecified atom stereocenters. The van der Waals surface area contributed by atoms with Gasteiger partial charge >= 0.3 is 0 Å². The van der Waals surface area contributed by atoms with Crippen LogP contribution in [0.3, 0.4) is 0 Å². The van der Waals surface area contributed by atoms with Crippen LogP contribution in [0.4, 0.5) is 0 Å². The van der Waals surface area contributed by atoms with Crippen LogP contribution in [0.2, 0.25) is 0 Å². The van der Waals surface area contributed by atoms with Crippen molar-refractivity contribution in [2.45, 2.75) is 104 Å². The smallest absolute Gasteiger partial charge is 0.246 e. The first-order chi connectivity index (χ1) is 12.3. The predicted octanol–water partition coefficient (Wildman–Crippen LogP) is 2.85. The van der Waals surface area contributed by atoms with E-state index in [0.29, 0.717) is 5.57 Å². The molecule has 0 radical (unpaired) electrons. The van der Waals surface area contributed by atoms with Crippen LogP contribution in [0, 0.1) is 0 Å². The zero-order valence-corrected chi connectivity index (χ0v) is 20.5. The highest BCUT2D eigenvalue weighted by molar-refractivity contribution is 5.92. The summed E-state index contributed by atoms with van der Waals surface area (Å²) >= 11 is 0. The number of unbranched alkanes of at least 4 members (excludes halogenated alkanes) is 11. The van der Waals surface area contributed by atoms with Gasteiger partial charge in [-0.05, 0) is 26.7 Å². The van der Waals surface area contributed by atoms with Crippen molar-refractivity contribution in [2.75, 3.05) is 27.2 Å². The zero-order chi connectivity index (χ0) is 19.8. The summed E-state index contributed by atoms with van der Waals surface area (Å²) in [7, 11) is 4.53. The van der Waals surface area contributed by atoms with E-state index < -0.39 is 0 Å². The molecule has 1 amide bonds. The monoisotopic (exact) mass is 446 g/mol. The van der Waals surface area contributed by atoms with Gasteiger partial charge in [0.2, 0.25) is 5.91 Å². The number of carbonyl (C=O) groups is 1. The molecule has 0 heterocycles. The summed E-state index contributed by atoms with van der Waals surface area (Å²) in [5, 5.41) is 3.03. The Morgan fingerprint density at radius 1 is 0.889 bits per heavy atom. The molecule has 0 aromatic carbocycles. The third-order valence-electron chi connectivity index (χ3n) is 5.15. The van der Waals surface area contributed by atoms with Crippen molar-refractivity contribution >= 4 is 5.91 Å². The lowest BCUT2D eigenvalue weighted by Crippen LogP contribution is -3.00. The maximum atomic E-state index is 11.7. The molecule has 27 heavy (non-hydrogen) atoms. The lowest BCUT2D eigenvalue weighted by Gasteiger charge is -2.32. The average molecular weight is 448 g/mol. The van der Waals surface area contributed by atoms with Crippen molar-refractivity contribution in [3.63, 3.8) is 0 Å². The quantitative estimate of drug-likeness (QED) is 0.207. The van der Waals surface area contributed by atoms with Gasteiger partial charge in [0.1, 0.15) is 0 Å². The second-order valence-electron chi connectivity index (χ2n) is 8.89. The third-order valence-corrected chi connectivity index (χ3v) is 5.15. The summed E-state index contributed by atoms with van der Waals surface area (Å²) in [6.07, 6.45) is 16.7. The van der Waals surface area contributed by atoms with Crippen LogP contribution in [0.1, 0.15) is 97.8 Å². The molecule has 0 rings (SSSR count). The summed E-state index contributed by atoms with van der Waals surface area (Å²) in [6.45, 7) is 12.0. The lowest BCUT2D eigenvalue weighted by atomic mass is 10.1. The van der Waals surface area contributed by atoms with E-state index in [1.807, 2.05) is 0 Å². The molecule has 0 aliphatic rings. The van der Waals surface area contributed by atoms with Gasteiger partial charge in [-0.3, -0.25) is 4.79 Å². The van der Waals surface area contributed by atoms with Gasteiger partial charge in [-0.25, -0.2) is 0 Å². The molecule has 0 spiro atoms. The molecule has 0 aromatic heterocycles. The zero-order valence-electron chi connectivity index (χ0n) is 18.9. The topological polar surface area (TPSA) is 29.1 Å². The first kappa shape index (κ1) is 28.9. The fraction of sp³-hybridized carbons (Fsp3) is 0.870. The Kier molecular flexibility index (Phi) is 18.9. The molecule has 0 aromatic rings. The largest absolute Gasteiger partial charge is 1.00 e. The average Bonchev–Trinajstić information content (AvgIpc) is 2.55. The number of nitrogens with zero attached hydrogens (tertiary/aromatic N) is 1. The SMILES string of the molecule is C=C(C)C(=O)NC(C)C[N+](C)(C)CCCCCCCCCCCCCC.[Br-]. The van der Waals surface area contributed by atoms with Crippen LogP contribution in [0.15, 0.2) is 12.2 Å². The van der Waals surface area contributed by atoms with Crippen LogP contribution in [0.25, 0.3) is 0 Å². The van der Waals surface area contributed by atoms with Gasteiger partial charge in [0.15, 0.2) is 0 Å². The molecule has 1 N–H and O–H groups in total. The Bertz CT molecular complexity index is 383. The molecular weight excluding hydrogens is 400 g/mol. The Labute approximate surface area is 180 Å². The normalized spacial score (nSPS) is 12.3. The standard InChI is InChI=1S/C23H46N2O.BrH/c1-7-8-9-10-11-12-13-14-15-16-17-18-19-25(5,6)20-22(4)24-23(26)21(2)3;/h22H,2,7-20H2,1,3-6H3;1H. The van der Waals surface area contributed by atoms with Crippen LogP contribution in [0.5, 0.6) is 0 Å². The number of likely N-dealkylation sites (N-methyl/N-ethyl adjacent to an activating group) is 1. The Morgan fingerprint density at radius 2 is 1.30 bits per heavy atom. The van der Waals surface area contributed by atoms with Crippen molar-refractivity contribution < 1.29 is 26.3 Å². The van der Waals surface area contributed by atoms with E-state index in [4.69, 9.17) is 0 Å². The number of nitrogens with one attached hydrogen (secondary N) is 1. The highest BCUT2D eigenvalue weighted by Gasteiger charge is 2.20. The summed E-state index contributed by atoms with van der Waals surface area (Å²) in [4.78, 5) is 11.7. The molecule has 0 bridgehead atoms. The number of amides is 1. The number of hydrogen-bond donors (Lipinski definition) is 1. The summed E-state index contributed by atoms with van der Waals surface area (Å²) in [6, 6.07) is 0.187. The molecule has 162 valence electrons. The number of rotatable bonds is 17. The number of quaternary nitrogens is 1. The maximum absolute atomic E-state index is 11.7. The number of halogens is 1. The molecule has 1 atom stereocenters. The van der Waals surface area contributed by atoms with Gasteiger partial charge in [-0.2, -0.15) is 0 Å². The van der Waals surface area contributed by atoms with E-state index in [2.05, 4.69) is 39.8 Å². The fourth-order valence-electron chi connectivity index (χ4n) is 3.61. The van der Waals surface area contributed by atoms with E-state index in [1.54, 1.807) is 6.92 Å². The van der Waals surface area contributed by atoms with Gasteiger partial charge in [-0.1, -0.05) is 77.7 Å². The molecule has 0 aliphatic carbocycles. The van der Waals surface area contributed by atoms with Gasteiger partial charge in [-0.15, -0.1) is 0 Å². The summed E-state index contributed by atoms with van der Waals surface area (Å²) in [5.41, 5.74) is 0.586.